The highest BCUT2D eigenvalue weighted by atomic mass is 16.5. The average molecular weight is 275 g/mol. The highest BCUT2D eigenvalue weighted by Crippen LogP contribution is 2.21. The van der Waals surface area contributed by atoms with Gasteiger partial charge in [0, 0.05) is 31.9 Å². The van der Waals surface area contributed by atoms with Crippen LogP contribution < -0.4 is 5.32 Å². The molecule has 3 heterocycles. The van der Waals surface area contributed by atoms with Gasteiger partial charge in [-0.2, -0.15) is 0 Å². The number of rotatable bonds is 5. The molecule has 20 heavy (non-hydrogen) atoms. The molecule has 0 spiro atoms. The van der Waals surface area contributed by atoms with Crippen molar-refractivity contribution in [1.82, 2.24) is 9.88 Å². The lowest BCUT2D eigenvalue weighted by molar-refractivity contribution is 0.173. The molecular formula is C16H25N3O. The summed E-state index contributed by atoms with van der Waals surface area (Å²) in [4.78, 5) is 7.10. The molecule has 1 aromatic heterocycles. The van der Waals surface area contributed by atoms with Crippen molar-refractivity contribution in [1.29, 1.82) is 0 Å². The zero-order valence-corrected chi connectivity index (χ0v) is 12.3. The number of aryl methyl sites for hydroxylation is 1. The molecule has 3 rings (SSSR count). The SMILES string of the molecule is Cc1cccc(NC[C@@H]2CCN(C[C@H]3CCOC3)C2)n1. The molecule has 2 fully saturated rings. The highest BCUT2D eigenvalue weighted by molar-refractivity contribution is 5.35. The van der Waals surface area contributed by atoms with Gasteiger partial charge in [0.05, 0.1) is 6.61 Å². The minimum Gasteiger partial charge on any atom is -0.381 e. The van der Waals surface area contributed by atoms with Crippen molar-refractivity contribution in [2.45, 2.75) is 19.8 Å². The minimum atomic E-state index is 0.750. The number of ether oxygens (including phenoxy) is 1. The summed E-state index contributed by atoms with van der Waals surface area (Å²) in [6.07, 6.45) is 2.54. The van der Waals surface area contributed by atoms with Crippen LogP contribution in [-0.2, 0) is 4.74 Å². The average Bonchev–Trinajstić information content (AvgIpc) is 3.09. The molecule has 2 atom stereocenters. The Balaban J connectivity index is 1.41. The van der Waals surface area contributed by atoms with Crippen molar-refractivity contribution in [2.75, 3.05) is 44.7 Å². The molecule has 0 aromatic carbocycles. The Kier molecular flexibility index (Phi) is 4.53. The molecule has 2 aliphatic heterocycles. The molecule has 110 valence electrons. The molecule has 1 N–H and O–H groups in total. The van der Waals surface area contributed by atoms with E-state index < -0.39 is 0 Å². The molecule has 2 aliphatic rings. The smallest absolute Gasteiger partial charge is 0.126 e. The van der Waals surface area contributed by atoms with E-state index in [2.05, 4.69) is 27.3 Å². The van der Waals surface area contributed by atoms with Crippen LogP contribution in [0.15, 0.2) is 18.2 Å². The lowest BCUT2D eigenvalue weighted by Crippen LogP contribution is -2.28. The van der Waals surface area contributed by atoms with Crippen molar-refractivity contribution in [3.05, 3.63) is 23.9 Å². The lowest BCUT2D eigenvalue weighted by Gasteiger charge is -2.19. The van der Waals surface area contributed by atoms with Gasteiger partial charge in [-0.05, 0) is 50.3 Å². The van der Waals surface area contributed by atoms with Gasteiger partial charge in [-0.25, -0.2) is 4.98 Å². The van der Waals surface area contributed by atoms with Crippen LogP contribution in [0.25, 0.3) is 0 Å². The molecule has 0 saturated carbocycles. The second-order valence-corrected chi connectivity index (χ2v) is 6.19. The molecule has 0 bridgehead atoms. The van der Waals surface area contributed by atoms with Crippen LogP contribution in [0.4, 0.5) is 5.82 Å². The van der Waals surface area contributed by atoms with Crippen molar-refractivity contribution in [3.8, 4) is 0 Å². The standard InChI is InChI=1S/C16H25N3O/c1-13-3-2-4-16(18-13)17-9-14-5-7-19(10-14)11-15-6-8-20-12-15/h2-4,14-15H,5-12H2,1H3,(H,17,18)/t14-,15+/m0/s1. The molecule has 1 aromatic rings. The van der Waals surface area contributed by atoms with Crippen LogP contribution in [0.5, 0.6) is 0 Å². The number of likely N-dealkylation sites (tertiary alicyclic amines) is 1. The van der Waals surface area contributed by atoms with Gasteiger partial charge in [-0.3, -0.25) is 0 Å². The number of hydrogen-bond acceptors (Lipinski definition) is 4. The second-order valence-electron chi connectivity index (χ2n) is 6.19. The number of pyridine rings is 1. The van der Waals surface area contributed by atoms with E-state index in [1.54, 1.807) is 0 Å². The second kappa shape index (κ2) is 6.55. The van der Waals surface area contributed by atoms with E-state index in [1.807, 2.05) is 13.0 Å². The molecule has 0 aliphatic carbocycles. The van der Waals surface area contributed by atoms with Gasteiger partial charge in [-0.15, -0.1) is 0 Å². The third kappa shape index (κ3) is 3.70. The van der Waals surface area contributed by atoms with Crippen LogP contribution >= 0.6 is 0 Å². The number of aromatic nitrogens is 1. The van der Waals surface area contributed by atoms with Crippen LogP contribution in [0.3, 0.4) is 0 Å². The fourth-order valence-corrected chi connectivity index (χ4v) is 3.23. The Morgan fingerprint density at radius 3 is 3.10 bits per heavy atom. The largest absolute Gasteiger partial charge is 0.381 e. The predicted octanol–water partition coefficient (Wildman–Crippen LogP) is 2.16. The van der Waals surface area contributed by atoms with Crippen LogP contribution in [-0.4, -0.2) is 49.3 Å². The Labute approximate surface area is 121 Å². The molecule has 0 radical (unpaired) electrons. The lowest BCUT2D eigenvalue weighted by atomic mass is 10.1. The van der Waals surface area contributed by atoms with Crippen LogP contribution in [0, 0.1) is 18.8 Å². The summed E-state index contributed by atoms with van der Waals surface area (Å²) in [7, 11) is 0. The van der Waals surface area contributed by atoms with E-state index in [9.17, 15) is 0 Å². The summed E-state index contributed by atoms with van der Waals surface area (Å²) in [6, 6.07) is 6.15. The first-order valence-corrected chi connectivity index (χ1v) is 7.77. The molecule has 0 unspecified atom stereocenters. The summed E-state index contributed by atoms with van der Waals surface area (Å²) in [6.45, 7) is 8.67. The fraction of sp³-hybridized carbons (Fsp3) is 0.688. The molecule has 4 nitrogen and oxygen atoms in total. The van der Waals surface area contributed by atoms with Gasteiger partial charge >= 0.3 is 0 Å². The third-order valence-corrected chi connectivity index (χ3v) is 4.37. The Morgan fingerprint density at radius 2 is 2.30 bits per heavy atom. The van der Waals surface area contributed by atoms with E-state index >= 15 is 0 Å². The van der Waals surface area contributed by atoms with Gasteiger partial charge < -0.3 is 15.0 Å². The molecule has 4 heteroatoms. The quantitative estimate of drug-likeness (QED) is 0.893. The number of nitrogens with one attached hydrogen (secondary N) is 1. The first-order valence-electron chi connectivity index (χ1n) is 7.77. The van der Waals surface area contributed by atoms with Gasteiger partial charge in [0.1, 0.15) is 5.82 Å². The van der Waals surface area contributed by atoms with Crippen molar-refractivity contribution >= 4 is 5.82 Å². The third-order valence-electron chi connectivity index (χ3n) is 4.37. The van der Waals surface area contributed by atoms with E-state index in [0.29, 0.717) is 0 Å². The molecule has 2 saturated heterocycles. The number of anilines is 1. The summed E-state index contributed by atoms with van der Waals surface area (Å²) < 4.78 is 5.46. The summed E-state index contributed by atoms with van der Waals surface area (Å²) in [5, 5.41) is 3.48. The normalized spacial score (nSPS) is 27.1. The first kappa shape index (κ1) is 13.8. The number of nitrogens with zero attached hydrogens (tertiary/aromatic N) is 2. The monoisotopic (exact) mass is 275 g/mol. The van der Waals surface area contributed by atoms with Gasteiger partial charge in [-0.1, -0.05) is 6.07 Å². The van der Waals surface area contributed by atoms with E-state index in [-0.39, 0.29) is 0 Å². The Morgan fingerprint density at radius 1 is 1.35 bits per heavy atom. The van der Waals surface area contributed by atoms with Crippen molar-refractivity contribution in [2.24, 2.45) is 11.8 Å². The van der Waals surface area contributed by atoms with Gasteiger partial charge in [0.25, 0.3) is 0 Å². The summed E-state index contributed by atoms with van der Waals surface area (Å²) in [5.74, 6) is 2.52. The maximum atomic E-state index is 5.46. The van der Waals surface area contributed by atoms with Crippen LogP contribution in [0.2, 0.25) is 0 Å². The first-order chi connectivity index (χ1) is 9.79. The summed E-state index contributed by atoms with van der Waals surface area (Å²) in [5.41, 5.74) is 1.07. The minimum absolute atomic E-state index is 0.750. The van der Waals surface area contributed by atoms with E-state index in [0.717, 1.165) is 43.1 Å². The van der Waals surface area contributed by atoms with Crippen molar-refractivity contribution in [3.63, 3.8) is 0 Å². The number of hydrogen-bond donors (Lipinski definition) is 1. The zero-order valence-electron chi connectivity index (χ0n) is 12.3. The van der Waals surface area contributed by atoms with Gasteiger partial charge in [0.2, 0.25) is 0 Å². The van der Waals surface area contributed by atoms with E-state index in [1.165, 1.54) is 32.5 Å². The molecular weight excluding hydrogens is 250 g/mol. The van der Waals surface area contributed by atoms with Gasteiger partial charge in [0.15, 0.2) is 0 Å². The Hall–Kier alpha value is -1.13. The zero-order chi connectivity index (χ0) is 13.8. The van der Waals surface area contributed by atoms with Crippen LogP contribution in [0.1, 0.15) is 18.5 Å². The fourth-order valence-electron chi connectivity index (χ4n) is 3.23. The maximum absolute atomic E-state index is 5.46. The molecule has 0 amide bonds. The summed E-state index contributed by atoms with van der Waals surface area (Å²) >= 11 is 0. The van der Waals surface area contributed by atoms with Crippen molar-refractivity contribution < 1.29 is 4.74 Å². The maximum Gasteiger partial charge on any atom is 0.126 e. The highest BCUT2D eigenvalue weighted by Gasteiger charge is 2.26. The Bertz CT molecular complexity index is 431. The van der Waals surface area contributed by atoms with E-state index in [4.69, 9.17) is 4.74 Å². The topological polar surface area (TPSA) is 37.4 Å². The predicted molar refractivity (Wildman–Crippen MR) is 80.9 cm³/mol.